The van der Waals surface area contributed by atoms with Gasteiger partial charge in [-0.25, -0.2) is 4.79 Å². The molecule has 0 saturated carbocycles. The number of allylic oxidation sites excluding steroid dienone is 2. The predicted octanol–water partition coefficient (Wildman–Crippen LogP) is 2.75. The third-order valence-electron chi connectivity index (χ3n) is 5.46. The fourth-order valence-electron chi connectivity index (χ4n) is 3.88. The van der Waals surface area contributed by atoms with E-state index in [-0.39, 0.29) is 6.54 Å². The molecule has 4 rings (SSSR count). The Bertz CT molecular complexity index is 800. The molecule has 1 saturated heterocycles. The van der Waals surface area contributed by atoms with E-state index in [0.717, 1.165) is 30.4 Å². The maximum Gasteiger partial charge on any atom is 0.437 e. The third kappa shape index (κ3) is 4.00. The fourth-order valence-corrected chi connectivity index (χ4v) is 4.53. The number of nitrogens with zero attached hydrogens (tertiary/aromatic N) is 3. The molecule has 0 amide bonds. The molecule has 0 radical (unpaired) electrons. The smallest absolute Gasteiger partial charge is 0.388 e. The molecule has 0 bridgehead atoms. The van der Waals surface area contributed by atoms with Gasteiger partial charge in [-0.2, -0.15) is 4.68 Å². The molecule has 6 nitrogen and oxygen atoms in total. The summed E-state index contributed by atoms with van der Waals surface area (Å²) in [5, 5.41) is 17.1. The highest BCUT2D eigenvalue weighted by Crippen LogP contribution is 2.27. The first-order valence-electron chi connectivity index (χ1n) is 9.33. The second kappa shape index (κ2) is 7.50. The van der Waals surface area contributed by atoms with Gasteiger partial charge in [0.2, 0.25) is 0 Å². The van der Waals surface area contributed by atoms with E-state index in [4.69, 9.17) is 4.42 Å². The Hall–Kier alpha value is -1.70. The van der Waals surface area contributed by atoms with Crippen molar-refractivity contribution < 1.29 is 9.52 Å². The van der Waals surface area contributed by atoms with Crippen molar-refractivity contribution in [3.05, 3.63) is 40.2 Å². The summed E-state index contributed by atoms with van der Waals surface area (Å²) in [7, 11) is 0. The number of aliphatic hydroxyl groups is 1. The Morgan fingerprint density at radius 1 is 1.35 bits per heavy atom. The van der Waals surface area contributed by atoms with E-state index in [0.29, 0.717) is 18.7 Å². The van der Waals surface area contributed by atoms with Crippen molar-refractivity contribution in [3.63, 3.8) is 0 Å². The van der Waals surface area contributed by atoms with E-state index in [1.807, 2.05) is 17.5 Å². The molecule has 1 atom stereocenters. The first-order chi connectivity index (χ1) is 12.6. The minimum Gasteiger partial charge on any atom is -0.388 e. The van der Waals surface area contributed by atoms with Crippen LogP contribution in [0.4, 0.5) is 0 Å². The van der Waals surface area contributed by atoms with Crippen molar-refractivity contribution in [3.8, 4) is 10.8 Å². The van der Waals surface area contributed by atoms with Gasteiger partial charge in [0.25, 0.3) is 5.89 Å². The van der Waals surface area contributed by atoms with E-state index in [1.165, 1.54) is 35.3 Å². The number of likely N-dealkylation sites (tertiary alicyclic amines) is 1. The minimum atomic E-state index is -0.892. The van der Waals surface area contributed by atoms with Gasteiger partial charge in [-0.1, -0.05) is 18.2 Å². The molecule has 26 heavy (non-hydrogen) atoms. The summed E-state index contributed by atoms with van der Waals surface area (Å²) in [6, 6.07) is 3.76. The molecule has 2 aromatic heterocycles. The maximum atomic E-state index is 12.1. The topological polar surface area (TPSA) is 71.5 Å². The van der Waals surface area contributed by atoms with Crippen LogP contribution in [0.2, 0.25) is 0 Å². The van der Waals surface area contributed by atoms with Gasteiger partial charge in [0.1, 0.15) is 0 Å². The maximum absolute atomic E-state index is 12.1. The predicted molar refractivity (Wildman–Crippen MR) is 101 cm³/mol. The molecular weight excluding hydrogens is 350 g/mol. The van der Waals surface area contributed by atoms with Crippen LogP contribution >= 0.6 is 11.3 Å². The van der Waals surface area contributed by atoms with Crippen LogP contribution in [0.3, 0.4) is 0 Å². The molecule has 1 aliphatic carbocycles. The summed E-state index contributed by atoms with van der Waals surface area (Å²) in [6.07, 6.45) is 9.48. The van der Waals surface area contributed by atoms with E-state index >= 15 is 0 Å². The van der Waals surface area contributed by atoms with Crippen LogP contribution in [-0.4, -0.2) is 45.0 Å². The average Bonchev–Trinajstić information content (AvgIpc) is 3.29. The zero-order chi connectivity index (χ0) is 18.0. The van der Waals surface area contributed by atoms with Crippen molar-refractivity contribution >= 4 is 11.3 Å². The van der Waals surface area contributed by atoms with Crippen molar-refractivity contribution in [2.45, 2.75) is 44.2 Å². The largest absolute Gasteiger partial charge is 0.437 e. The Morgan fingerprint density at radius 2 is 2.19 bits per heavy atom. The van der Waals surface area contributed by atoms with Gasteiger partial charge in [-0.3, -0.25) is 0 Å². The molecule has 1 unspecified atom stereocenters. The molecule has 2 aliphatic rings. The molecule has 0 spiro atoms. The van der Waals surface area contributed by atoms with Crippen LogP contribution in [0, 0.1) is 5.92 Å². The third-order valence-corrected chi connectivity index (χ3v) is 6.32. The highest BCUT2D eigenvalue weighted by molar-refractivity contribution is 7.13. The van der Waals surface area contributed by atoms with Crippen molar-refractivity contribution in [2.24, 2.45) is 5.92 Å². The molecule has 0 aromatic carbocycles. The normalized spacial score (nSPS) is 23.3. The van der Waals surface area contributed by atoms with Gasteiger partial charge >= 0.3 is 5.76 Å². The van der Waals surface area contributed by atoms with Crippen LogP contribution in [0.25, 0.3) is 10.8 Å². The Morgan fingerprint density at radius 3 is 2.88 bits per heavy atom. The molecule has 7 heteroatoms. The Balaban J connectivity index is 1.35. The highest BCUT2D eigenvalue weighted by Gasteiger charge is 2.34. The summed E-state index contributed by atoms with van der Waals surface area (Å²) in [5.74, 6) is 0.562. The first-order valence-corrected chi connectivity index (χ1v) is 10.2. The Kier molecular flexibility index (Phi) is 5.11. The lowest BCUT2D eigenvalue weighted by Gasteiger charge is -2.39. The lowest BCUT2D eigenvalue weighted by molar-refractivity contribution is -0.0402. The molecule has 140 valence electrons. The number of thiophene rings is 1. The zero-order valence-corrected chi connectivity index (χ0v) is 15.7. The number of aromatic nitrogens is 2. The molecule has 2 aromatic rings. The number of hydrogen-bond donors (Lipinski definition) is 1. The molecule has 3 heterocycles. The van der Waals surface area contributed by atoms with E-state index in [2.05, 4.69) is 22.2 Å². The second-order valence-corrected chi connectivity index (χ2v) is 8.43. The summed E-state index contributed by atoms with van der Waals surface area (Å²) >= 11 is 1.48. The van der Waals surface area contributed by atoms with E-state index in [1.54, 1.807) is 0 Å². The summed E-state index contributed by atoms with van der Waals surface area (Å²) < 4.78 is 6.52. The van der Waals surface area contributed by atoms with Gasteiger partial charge in [0.15, 0.2) is 0 Å². The second-order valence-electron chi connectivity index (χ2n) is 7.48. The monoisotopic (exact) mass is 375 g/mol. The quantitative estimate of drug-likeness (QED) is 0.814. The van der Waals surface area contributed by atoms with E-state index < -0.39 is 11.4 Å². The van der Waals surface area contributed by atoms with Crippen LogP contribution in [0.15, 0.2) is 38.9 Å². The summed E-state index contributed by atoms with van der Waals surface area (Å²) in [6.45, 7) is 3.02. The summed E-state index contributed by atoms with van der Waals surface area (Å²) in [5.41, 5.74) is -0.892. The van der Waals surface area contributed by atoms with Gasteiger partial charge < -0.3 is 14.4 Å². The fraction of sp³-hybridized carbons (Fsp3) is 0.579. The van der Waals surface area contributed by atoms with Gasteiger partial charge in [0.05, 0.1) is 17.0 Å². The minimum absolute atomic E-state index is 0.195. The Labute approximate surface area is 156 Å². The molecular formula is C19H25N3O3S. The number of hydrogen-bond acceptors (Lipinski definition) is 6. The molecule has 1 aliphatic heterocycles. The van der Waals surface area contributed by atoms with Crippen molar-refractivity contribution in [2.75, 3.05) is 19.6 Å². The van der Waals surface area contributed by atoms with Crippen LogP contribution in [0.1, 0.15) is 32.1 Å². The summed E-state index contributed by atoms with van der Waals surface area (Å²) in [4.78, 5) is 15.4. The highest BCUT2D eigenvalue weighted by atomic mass is 32.1. The zero-order valence-electron chi connectivity index (χ0n) is 14.8. The standard InChI is InChI=1S/C19H25N3O3S/c23-18-22(20-17(25-18)16-7-4-12-26-16)14-19(24)8-10-21(11-9-19)13-15-5-2-1-3-6-15/h1-2,4,7,12,15,24H,3,5-6,8-11,13-14H2. The van der Waals surface area contributed by atoms with Gasteiger partial charge in [-0.05, 0) is 49.5 Å². The first kappa shape index (κ1) is 17.7. The average molecular weight is 375 g/mol. The molecule has 1 fully saturated rings. The number of rotatable bonds is 5. The van der Waals surface area contributed by atoms with Crippen molar-refractivity contribution in [1.29, 1.82) is 0 Å². The van der Waals surface area contributed by atoms with Crippen molar-refractivity contribution in [1.82, 2.24) is 14.7 Å². The van der Waals surface area contributed by atoms with Crippen LogP contribution in [-0.2, 0) is 6.54 Å². The van der Waals surface area contributed by atoms with Crippen LogP contribution in [0.5, 0.6) is 0 Å². The number of piperidine rings is 1. The van der Waals surface area contributed by atoms with Gasteiger partial charge in [-0.15, -0.1) is 16.4 Å². The lowest BCUT2D eigenvalue weighted by atomic mass is 9.89. The lowest BCUT2D eigenvalue weighted by Crippen LogP contribution is -2.49. The SMILES string of the molecule is O=c1oc(-c2cccs2)nn1CC1(O)CCN(CC2CC=CCC2)CC1. The van der Waals surface area contributed by atoms with Crippen LogP contribution < -0.4 is 5.76 Å². The van der Waals surface area contributed by atoms with Gasteiger partial charge in [0, 0.05) is 19.6 Å². The molecule has 1 N–H and O–H groups in total. The van der Waals surface area contributed by atoms with E-state index in [9.17, 15) is 9.90 Å².